The van der Waals surface area contributed by atoms with Crippen molar-refractivity contribution in [1.82, 2.24) is 9.97 Å². The first-order chi connectivity index (χ1) is 9.92. The van der Waals surface area contributed by atoms with E-state index in [1.165, 1.54) is 0 Å². The minimum Gasteiger partial charge on any atom is -0.473 e. The summed E-state index contributed by atoms with van der Waals surface area (Å²) in [7, 11) is 0. The van der Waals surface area contributed by atoms with Crippen LogP contribution in [0.15, 0.2) is 73.1 Å². The molecular weight excluding hydrogens is 248 g/mol. The Bertz CT molecular complexity index is 652. The zero-order chi connectivity index (χ0) is 13.6. The molecule has 2 aromatic heterocycles. The highest BCUT2D eigenvalue weighted by Gasteiger charge is 2.01. The van der Waals surface area contributed by atoms with Gasteiger partial charge >= 0.3 is 0 Å². The highest BCUT2D eigenvalue weighted by Crippen LogP contribution is 2.18. The third-order valence-corrected chi connectivity index (χ3v) is 2.93. The van der Waals surface area contributed by atoms with Gasteiger partial charge in [-0.3, -0.25) is 4.98 Å². The van der Waals surface area contributed by atoms with Gasteiger partial charge in [0, 0.05) is 24.0 Å². The maximum Gasteiger partial charge on any atom is 0.213 e. The van der Waals surface area contributed by atoms with Crippen molar-refractivity contribution < 1.29 is 4.74 Å². The van der Waals surface area contributed by atoms with Crippen molar-refractivity contribution in [2.45, 2.75) is 6.61 Å². The van der Waals surface area contributed by atoms with E-state index in [4.69, 9.17) is 4.74 Å². The number of benzene rings is 1. The Morgan fingerprint density at radius 2 is 1.65 bits per heavy atom. The third-order valence-electron chi connectivity index (χ3n) is 2.93. The van der Waals surface area contributed by atoms with Crippen molar-refractivity contribution in [1.29, 1.82) is 0 Å². The van der Waals surface area contributed by atoms with Crippen molar-refractivity contribution in [2.24, 2.45) is 0 Å². The van der Waals surface area contributed by atoms with Crippen LogP contribution < -0.4 is 4.74 Å². The molecule has 20 heavy (non-hydrogen) atoms. The summed E-state index contributed by atoms with van der Waals surface area (Å²) in [5, 5.41) is 0. The van der Waals surface area contributed by atoms with Gasteiger partial charge in [-0.15, -0.1) is 0 Å². The number of ether oxygens (including phenoxy) is 1. The first kappa shape index (κ1) is 12.4. The maximum atomic E-state index is 5.65. The van der Waals surface area contributed by atoms with E-state index in [1.807, 2.05) is 60.7 Å². The second-order valence-electron chi connectivity index (χ2n) is 4.37. The molecule has 0 saturated heterocycles. The molecule has 3 aromatic rings. The van der Waals surface area contributed by atoms with Crippen molar-refractivity contribution in [3.8, 4) is 17.1 Å². The molecule has 3 rings (SSSR count). The lowest BCUT2D eigenvalue weighted by Gasteiger charge is -2.06. The Morgan fingerprint density at radius 3 is 2.35 bits per heavy atom. The second kappa shape index (κ2) is 5.97. The van der Waals surface area contributed by atoms with E-state index in [0.29, 0.717) is 12.5 Å². The number of hydrogen-bond acceptors (Lipinski definition) is 3. The van der Waals surface area contributed by atoms with E-state index in [1.54, 1.807) is 12.4 Å². The molecule has 0 saturated carbocycles. The SMILES string of the molecule is c1ccc(COc2ccc(-c3ccccn3)cn2)cc1. The number of hydrogen-bond donors (Lipinski definition) is 0. The zero-order valence-corrected chi connectivity index (χ0v) is 10.9. The molecule has 0 radical (unpaired) electrons. The summed E-state index contributed by atoms with van der Waals surface area (Å²) in [5.74, 6) is 0.619. The zero-order valence-electron chi connectivity index (χ0n) is 10.9. The van der Waals surface area contributed by atoms with Crippen LogP contribution in [0.25, 0.3) is 11.3 Å². The maximum absolute atomic E-state index is 5.65. The van der Waals surface area contributed by atoms with Gasteiger partial charge in [0.05, 0.1) is 5.69 Å². The molecule has 0 spiro atoms. The molecule has 0 N–H and O–H groups in total. The van der Waals surface area contributed by atoms with E-state index in [0.717, 1.165) is 16.8 Å². The molecule has 0 aliphatic heterocycles. The number of aromatic nitrogens is 2. The van der Waals surface area contributed by atoms with Crippen molar-refractivity contribution >= 4 is 0 Å². The van der Waals surface area contributed by atoms with Crippen LogP contribution >= 0.6 is 0 Å². The topological polar surface area (TPSA) is 35.0 Å². The van der Waals surface area contributed by atoms with Crippen LogP contribution in [-0.2, 0) is 6.61 Å². The largest absolute Gasteiger partial charge is 0.473 e. The highest BCUT2D eigenvalue weighted by atomic mass is 16.5. The number of pyridine rings is 2. The first-order valence-corrected chi connectivity index (χ1v) is 6.46. The molecule has 0 unspecified atom stereocenters. The van der Waals surface area contributed by atoms with Gasteiger partial charge in [-0.05, 0) is 23.8 Å². The average Bonchev–Trinajstić information content (AvgIpc) is 2.55. The number of nitrogens with zero attached hydrogens (tertiary/aromatic N) is 2. The summed E-state index contributed by atoms with van der Waals surface area (Å²) in [6, 6.07) is 19.7. The van der Waals surface area contributed by atoms with Crippen LogP contribution in [-0.4, -0.2) is 9.97 Å². The van der Waals surface area contributed by atoms with Crippen molar-refractivity contribution in [3.05, 3.63) is 78.6 Å². The summed E-state index contributed by atoms with van der Waals surface area (Å²) >= 11 is 0. The van der Waals surface area contributed by atoms with Crippen molar-refractivity contribution in [3.63, 3.8) is 0 Å². The fourth-order valence-corrected chi connectivity index (χ4v) is 1.88. The van der Waals surface area contributed by atoms with Gasteiger partial charge in [0.1, 0.15) is 6.61 Å². The van der Waals surface area contributed by atoms with Crippen LogP contribution in [0, 0.1) is 0 Å². The fraction of sp³-hybridized carbons (Fsp3) is 0.0588. The van der Waals surface area contributed by atoms with E-state index < -0.39 is 0 Å². The van der Waals surface area contributed by atoms with Crippen LogP contribution in [0.3, 0.4) is 0 Å². The smallest absolute Gasteiger partial charge is 0.213 e. The standard InChI is InChI=1S/C17H14N2O/c1-2-6-14(7-3-1)13-20-17-10-9-15(12-19-17)16-8-4-5-11-18-16/h1-12H,13H2. The molecule has 98 valence electrons. The molecule has 0 aliphatic rings. The molecule has 0 atom stereocenters. The summed E-state index contributed by atoms with van der Waals surface area (Å²) in [4.78, 5) is 8.60. The Hall–Kier alpha value is -2.68. The van der Waals surface area contributed by atoms with E-state index in [-0.39, 0.29) is 0 Å². The molecule has 3 nitrogen and oxygen atoms in total. The van der Waals surface area contributed by atoms with E-state index in [9.17, 15) is 0 Å². The minimum absolute atomic E-state index is 0.525. The van der Waals surface area contributed by atoms with Crippen LogP contribution in [0.2, 0.25) is 0 Å². The quantitative estimate of drug-likeness (QED) is 0.718. The molecule has 0 aliphatic carbocycles. The van der Waals surface area contributed by atoms with Gasteiger partial charge < -0.3 is 4.74 Å². The van der Waals surface area contributed by atoms with Gasteiger partial charge in [0.2, 0.25) is 5.88 Å². The second-order valence-corrected chi connectivity index (χ2v) is 4.37. The van der Waals surface area contributed by atoms with Gasteiger partial charge in [-0.25, -0.2) is 4.98 Å². The van der Waals surface area contributed by atoms with Gasteiger partial charge in [0.25, 0.3) is 0 Å². The summed E-state index contributed by atoms with van der Waals surface area (Å²) in [6.07, 6.45) is 3.55. The first-order valence-electron chi connectivity index (χ1n) is 6.46. The fourth-order valence-electron chi connectivity index (χ4n) is 1.88. The predicted molar refractivity (Wildman–Crippen MR) is 78.2 cm³/mol. The summed E-state index contributed by atoms with van der Waals surface area (Å²) in [6.45, 7) is 0.525. The Labute approximate surface area is 117 Å². The van der Waals surface area contributed by atoms with Gasteiger partial charge in [-0.2, -0.15) is 0 Å². The molecular formula is C17H14N2O. The third kappa shape index (κ3) is 3.01. The van der Waals surface area contributed by atoms with E-state index >= 15 is 0 Å². The molecule has 0 bridgehead atoms. The molecule has 0 amide bonds. The van der Waals surface area contributed by atoms with Crippen LogP contribution in [0.4, 0.5) is 0 Å². The molecule has 2 heterocycles. The Kier molecular flexibility index (Phi) is 3.69. The molecule has 3 heteroatoms. The van der Waals surface area contributed by atoms with Crippen molar-refractivity contribution in [2.75, 3.05) is 0 Å². The van der Waals surface area contributed by atoms with E-state index in [2.05, 4.69) is 9.97 Å². The van der Waals surface area contributed by atoms with Crippen LogP contribution in [0.5, 0.6) is 5.88 Å². The van der Waals surface area contributed by atoms with Gasteiger partial charge in [0.15, 0.2) is 0 Å². The van der Waals surface area contributed by atoms with Gasteiger partial charge in [-0.1, -0.05) is 36.4 Å². The Balaban J connectivity index is 1.68. The molecule has 0 fully saturated rings. The number of rotatable bonds is 4. The summed E-state index contributed by atoms with van der Waals surface area (Å²) < 4.78 is 5.65. The normalized spacial score (nSPS) is 10.2. The lowest BCUT2D eigenvalue weighted by Crippen LogP contribution is -1.96. The minimum atomic E-state index is 0.525. The lowest BCUT2D eigenvalue weighted by molar-refractivity contribution is 0.294. The van der Waals surface area contributed by atoms with Crippen LogP contribution in [0.1, 0.15) is 5.56 Å². The molecule has 1 aromatic carbocycles. The Morgan fingerprint density at radius 1 is 0.800 bits per heavy atom. The average molecular weight is 262 g/mol. The lowest BCUT2D eigenvalue weighted by atomic mass is 10.2. The highest BCUT2D eigenvalue weighted by molar-refractivity contribution is 5.57. The predicted octanol–water partition coefficient (Wildman–Crippen LogP) is 3.72. The summed E-state index contributed by atoms with van der Waals surface area (Å²) in [5.41, 5.74) is 3.02. The monoisotopic (exact) mass is 262 g/mol.